The molecular formula is C38H62N2O4. The number of nitrogens with one attached hydrogen (secondary N) is 2. The van der Waals surface area contributed by atoms with Crippen molar-refractivity contribution in [1.29, 1.82) is 0 Å². The Morgan fingerprint density at radius 2 is 1.66 bits per heavy atom. The van der Waals surface area contributed by atoms with E-state index in [4.69, 9.17) is 0 Å². The van der Waals surface area contributed by atoms with Crippen molar-refractivity contribution < 1.29 is 19.8 Å². The summed E-state index contributed by atoms with van der Waals surface area (Å²) >= 11 is 0. The predicted molar refractivity (Wildman–Crippen MR) is 178 cm³/mol. The average molecular weight is 611 g/mol. The highest BCUT2D eigenvalue weighted by atomic mass is 16.3. The predicted octanol–water partition coefficient (Wildman–Crippen LogP) is 7.79. The quantitative estimate of drug-likeness (QED) is 0.135. The van der Waals surface area contributed by atoms with Gasteiger partial charge in [-0.05, 0) is 103 Å². The van der Waals surface area contributed by atoms with Crippen molar-refractivity contribution in [2.75, 3.05) is 6.54 Å². The van der Waals surface area contributed by atoms with Crippen LogP contribution in [0.25, 0.3) is 0 Å². The second-order valence-corrected chi connectivity index (χ2v) is 14.8. The number of unbranched alkanes of at least 4 members (excludes halogenated alkanes) is 8. The molecule has 1 aromatic carbocycles. The maximum atomic E-state index is 12.6. The van der Waals surface area contributed by atoms with Crippen LogP contribution in [0.4, 0.5) is 0 Å². The molecular weight excluding hydrogens is 548 g/mol. The zero-order valence-electron chi connectivity index (χ0n) is 28.2. The number of benzene rings is 1. The molecule has 0 spiro atoms. The Labute approximate surface area is 267 Å². The molecule has 0 bridgehead atoms. The molecule has 248 valence electrons. The smallest absolute Gasteiger partial charge is 0.242 e. The molecule has 6 nitrogen and oxygen atoms in total. The molecule has 2 saturated carbocycles. The number of aromatic hydroxyl groups is 1. The zero-order chi connectivity index (χ0) is 31.7. The monoisotopic (exact) mass is 610 g/mol. The van der Waals surface area contributed by atoms with Gasteiger partial charge in [-0.25, -0.2) is 0 Å². The molecule has 0 unspecified atom stereocenters. The first-order chi connectivity index (χ1) is 21.2. The van der Waals surface area contributed by atoms with E-state index in [9.17, 15) is 19.8 Å². The van der Waals surface area contributed by atoms with Crippen LogP contribution < -0.4 is 10.6 Å². The maximum Gasteiger partial charge on any atom is 0.242 e. The summed E-state index contributed by atoms with van der Waals surface area (Å²) in [6.45, 7) is 8.93. The van der Waals surface area contributed by atoms with Crippen LogP contribution in [0.1, 0.15) is 147 Å². The van der Waals surface area contributed by atoms with Gasteiger partial charge in [0.2, 0.25) is 11.8 Å². The molecule has 0 saturated heterocycles. The SMILES string of the molecule is CCC(=O)N[C@H](C(=O)NCCCCCCCCCCC[C@@H]1Cc2cc(O)ccc2[C@H]2CC[C@]3(C)[C@@H](O)CC[C@H]3[C@H]12)[C@@H](C)CC. The lowest BCUT2D eigenvalue weighted by atomic mass is 9.52. The van der Waals surface area contributed by atoms with Crippen molar-refractivity contribution in [3.8, 4) is 5.75 Å². The van der Waals surface area contributed by atoms with Gasteiger partial charge in [0.05, 0.1) is 6.10 Å². The van der Waals surface area contributed by atoms with Crippen LogP contribution in [0.2, 0.25) is 0 Å². The van der Waals surface area contributed by atoms with Crippen LogP contribution in [-0.4, -0.2) is 40.7 Å². The standard InChI is InChI=1S/C38H62N2O4/c1-5-26(3)36(40-34(43)6-2)37(44)39-23-15-13-11-9-7-8-10-12-14-16-27-24-28-25-29(41)17-18-30(28)31-21-22-38(4)32(35(27)31)19-20-33(38)42/h17-18,25-27,31-33,35-36,41-42H,5-16,19-24H2,1-4H3,(H,39,44)(H,40,43)/t26-,27+,31+,32-,33-,35+,36-,38-/m0/s1. The van der Waals surface area contributed by atoms with E-state index in [1.807, 2.05) is 26.0 Å². The van der Waals surface area contributed by atoms with Gasteiger partial charge in [-0.2, -0.15) is 0 Å². The minimum Gasteiger partial charge on any atom is -0.508 e. The third-order valence-electron chi connectivity index (χ3n) is 12.0. The van der Waals surface area contributed by atoms with E-state index in [1.165, 1.54) is 75.3 Å². The molecule has 3 aliphatic carbocycles. The third-order valence-corrected chi connectivity index (χ3v) is 12.0. The number of aliphatic hydroxyl groups is 1. The fourth-order valence-corrected chi connectivity index (χ4v) is 9.10. The number of carbonyl (C=O) groups is 2. The van der Waals surface area contributed by atoms with Gasteiger partial charge in [-0.15, -0.1) is 0 Å². The van der Waals surface area contributed by atoms with Crippen LogP contribution in [0, 0.1) is 29.1 Å². The van der Waals surface area contributed by atoms with Crippen molar-refractivity contribution >= 4 is 11.8 Å². The lowest BCUT2D eigenvalue weighted by Gasteiger charge is -2.53. The van der Waals surface area contributed by atoms with Crippen LogP contribution in [-0.2, 0) is 16.0 Å². The summed E-state index contributed by atoms with van der Waals surface area (Å²) in [5.41, 5.74) is 2.93. The Morgan fingerprint density at radius 3 is 2.34 bits per heavy atom. The highest BCUT2D eigenvalue weighted by Gasteiger charge is 2.56. The summed E-state index contributed by atoms with van der Waals surface area (Å²) in [5.74, 6) is 2.95. The van der Waals surface area contributed by atoms with Crippen LogP contribution in [0.3, 0.4) is 0 Å². The first-order valence-electron chi connectivity index (χ1n) is 18.3. The maximum absolute atomic E-state index is 12.6. The van der Waals surface area contributed by atoms with E-state index in [0.29, 0.717) is 42.4 Å². The number of rotatable bonds is 17. The van der Waals surface area contributed by atoms with Crippen LogP contribution >= 0.6 is 0 Å². The van der Waals surface area contributed by atoms with E-state index in [-0.39, 0.29) is 29.3 Å². The van der Waals surface area contributed by atoms with Gasteiger partial charge in [0.25, 0.3) is 0 Å². The van der Waals surface area contributed by atoms with Gasteiger partial charge in [-0.1, -0.05) is 91.5 Å². The Bertz CT molecular complexity index is 1070. The van der Waals surface area contributed by atoms with E-state index < -0.39 is 6.04 Å². The van der Waals surface area contributed by atoms with E-state index in [1.54, 1.807) is 0 Å². The molecule has 3 aliphatic rings. The molecule has 8 atom stereocenters. The number of carbonyl (C=O) groups excluding carboxylic acids is 2. The van der Waals surface area contributed by atoms with Crippen molar-refractivity contribution in [2.45, 2.75) is 155 Å². The van der Waals surface area contributed by atoms with E-state index in [0.717, 1.165) is 38.5 Å². The largest absolute Gasteiger partial charge is 0.508 e. The van der Waals surface area contributed by atoms with E-state index in [2.05, 4.69) is 30.5 Å². The first kappa shape index (κ1) is 34.8. The van der Waals surface area contributed by atoms with Crippen molar-refractivity contribution in [3.05, 3.63) is 29.3 Å². The highest BCUT2D eigenvalue weighted by Crippen LogP contribution is 2.62. The molecule has 4 rings (SSSR count). The first-order valence-corrected chi connectivity index (χ1v) is 18.3. The normalized spacial score (nSPS) is 28.8. The fraction of sp³-hybridized carbons (Fsp3) is 0.789. The summed E-state index contributed by atoms with van der Waals surface area (Å²) in [7, 11) is 0. The molecule has 44 heavy (non-hydrogen) atoms. The molecule has 2 fully saturated rings. The Kier molecular flexibility index (Phi) is 13.0. The number of fused-ring (bicyclic) bond motifs is 5. The van der Waals surface area contributed by atoms with Crippen LogP contribution in [0.15, 0.2) is 18.2 Å². The summed E-state index contributed by atoms with van der Waals surface area (Å²) in [5, 5.41) is 27.1. The minimum atomic E-state index is -0.435. The number of aliphatic hydroxyl groups excluding tert-OH is 1. The van der Waals surface area contributed by atoms with Gasteiger partial charge in [-0.3, -0.25) is 9.59 Å². The summed E-state index contributed by atoms with van der Waals surface area (Å²) in [4.78, 5) is 24.5. The number of phenolic OH excluding ortho intramolecular Hbond substituents is 1. The number of phenols is 1. The molecule has 0 aromatic heterocycles. The lowest BCUT2D eigenvalue weighted by Crippen LogP contribution is -2.50. The van der Waals surface area contributed by atoms with Gasteiger partial charge in [0.1, 0.15) is 11.8 Å². The van der Waals surface area contributed by atoms with Crippen molar-refractivity contribution in [2.24, 2.45) is 29.1 Å². The van der Waals surface area contributed by atoms with E-state index >= 15 is 0 Å². The highest BCUT2D eigenvalue weighted by molar-refractivity contribution is 5.87. The topological polar surface area (TPSA) is 98.7 Å². The van der Waals surface area contributed by atoms with Crippen LogP contribution in [0.5, 0.6) is 5.75 Å². The number of hydrogen-bond acceptors (Lipinski definition) is 4. The molecule has 2 amide bonds. The second kappa shape index (κ2) is 16.5. The lowest BCUT2D eigenvalue weighted by molar-refractivity contribution is -0.130. The Morgan fingerprint density at radius 1 is 0.977 bits per heavy atom. The molecule has 6 heteroatoms. The molecule has 0 heterocycles. The Hall–Kier alpha value is -2.08. The fourth-order valence-electron chi connectivity index (χ4n) is 9.10. The second-order valence-electron chi connectivity index (χ2n) is 14.8. The molecule has 4 N–H and O–H groups in total. The molecule has 0 aliphatic heterocycles. The Balaban J connectivity index is 1.11. The molecule has 1 aromatic rings. The zero-order valence-corrected chi connectivity index (χ0v) is 28.2. The third kappa shape index (κ3) is 8.39. The number of hydrogen-bond donors (Lipinski definition) is 4. The summed E-state index contributed by atoms with van der Waals surface area (Å²) in [6, 6.07) is 5.67. The minimum absolute atomic E-state index is 0.0504. The van der Waals surface area contributed by atoms with Crippen molar-refractivity contribution in [1.82, 2.24) is 10.6 Å². The summed E-state index contributed by atoms with van der Waals surface area (Å²) in [6.07, 6.45) is 18.9. The van der Waals surface area contributed by atoms with Gasteiger partial charge in [0, 0.05) is 13.0 Å². The van der Waals surface area contributed by atoms with Gasteiger partial charge < -0.3 is 20.8 Å². The summed E-state index contributed by atoms with van der Waals surface area (Å²) < 4.78 is 0. The average Bonchev–Trinajstić information content (AvgIpc) is 3.32. The van der Waals surface area contributed by atoms with Gasteiger partial charge in [0.15, 0.2) is 0 Å². The van der Waals surface area contributed by atoms with Gasteiger partial charge >= 0.3 is 0 Å². The van der Waals surface area contributed by atoms with Crippen molar-refractivity contribution in [3.63, 3.8) is 0 Å². The number of amides is 2. The molecule has 0 radical (unpaired) electrons.